The third kappa shape index (κ3) is 4.29. The maximum Gasteiger partial charge on any atom is 0.265 e. The highest BCUT2D eigenvalue weighted by molar-refractivity contribution is 7.12. The zero-order chi connectivity index (χ0) is 15.1. The Labute approximate surface area is 128 Å². The van der Waals surface area contributed by atoms with Crippen LogP contribution in [0.1, 0.15) is 21.7 Å². The van der Waals surface area contributed by atoms with E-state index in [0.717, 1.165) is 18.7 Å². The van der Waals surface area contributed by atoms with Gasteiger partial charge in [-0.25, -0.2) is 0 Å². The number of nitrogens with zero attached hydrogens (tertiary/aromatic N) is 2. The first kappa shape index (κ1) is 16.0. The molecule has 0 spiro atoms. The van der Waals surface area contributed by atoms with Crippen LogP contribution in [0.2, 0.25) is 0 Å². The Morgan fingerprint density at radius 2 is 2.00 bits per heavy atom. The Morgan fingerprint density at radius 3 is 2.67 bits per heavy atom. The minimum Gasteiger partial charge on any atom is -0.395 e. The summed E-state index contributed by atoms with van der Waals surface area (Å²) in [6, 6.07) is 1.85. The van der Waals surface area contributed by atoms with Crippen molar-refractivity contribution in [2.75, 3.05) is 45.9 Å². The number of β-amino-alcohol motifs (C(OH)–C–C–N with tert-alkyl or cyclic N) is 1. The minimum atomic E-state index is 0.0296. The zero-order valence-electron chi connectivity index (χ0n) is 11.9. The molecule has 1 saturated heterocycles. The first-order valence-corrected chi connectivity index (χ1v) is 7.94. The van der Waals surface area contributed by atoms with Crippen LogP contribution < -0.4 is 0 Å². The Morgan fingerprint density at radius 1 is 1.24 bits per heavy atom. The van der Waals surface area contributed by atoms with Gasteiger partial charge in [0.2, 0.25) is 0 Å². The van der Waals surface area contributed by atoms with E-state index in [9.17, 15) is 4.79 Å². The number of carbonyl (C=O) groups is 1. The molecule has 0 radical (unpaired) electrons. The highest BCUT2D eigenvalue weighted by Crippen LogP contribution is 2.19. The average molecular weight is 308 g/mol. The molecule has 1 aromatic heterocycles. The molecule has 6 heteroatoms. The molecule has 5 nitrogen and oxygen atoms in total. The van der Waals surface area contributed by atoms with E-state index in [0.29, 0.717) is 30.9 Å². The van der Waals surface area contributed by atoms with Crippen molar-refractivity contribution in [1.82, 2.24) is 9.80 Å². The van der Waals surface area contributed by atoms with Crippen LogP contribution in [0.3, 0.4) is 0 Å². The van der Waals surface area contributed by atoms with Crippen LogP contribution >= 0.6 is 11.3 Å². The fourth-order valence-corrected chi connectivity index (χ4v) is 3.06. The van der Waals surface area contributed by atoms with Gasteiger partial charge < -0.3 is 15.1 Å². The van der Waals surface area contributed by atoms with Gasteiger partial charge in [0.15, 0.2) is 0 Å². The molecule has 2 rings (SSSR count). The molecule has 1 aliphatic rings. The molecular formula is C15H20N2O3S. The lowest BCUT2D eigenvalue weighted by Gasteiger charge is -2.34. The van der Waals surface area contributed by atoms with E-state index < -0.39 is 0 Å². The summed E-state index contributed by atoms with van der Waals surface area (Å²) in [5.41, 5.74) is 0.747. The van der Waals surface area contributed by atoms with Crippen LogP contribution in [0.25, 0.3) is 0 Å². The summed E-state index contributed by atoms with van der Waals surface area (Å²) >= 11 is 1.41. The predicted molar refractivity (Wildman–Crippen MR) is 82.3 cm³/mol. The summed E-state index contributed by atoms with van der Waals surface area (Å²) in [6.07, 6.45) is 0.420. The van der Waals surface area contributed by atoms with Crippen molar-refractivity contribution in [2.45, 2.75) is 6.42 Å². The number of thiophene rings is 1. The smallest absolute Gasteiger partial charge is 0.265 e. The summed E-state index contributed by atoms with van der Waals surface area (Å²) in [6.45, 7) is 3.81. The highest BCUT2D eigenvalue weighted by atomic mass is 32.1. The second-order valence-corrected chi connectivity index (χ2v) is 5.71. The summed E-state index contributed by atoms with van der Waals surface area (Å²) in [5.74, 6) is 5.84. The third-order valence-corrected chi connectivity index (χ3v) is 4.30. The van der Waals surface area contributed by atoms with Gasteiger partial charge in [-0.05, 0) is 11.4 Å². The molecule has 1 fully saturated rings. The van der Waals surface area contributed by atoms with Crippen molar-refractivity contribution in [1.29, 1.82) is 0 Å². The molecule has 1 aliphatic heterocycles. The van der Waals surface area contributed by atoms with Crippen molar-refractivity contribution in [2.24, 2.45) is 0 Å². The van der Waals surface area contributed by atoms with Gasteiger partial charge in [-0.3, -0.25) is 9.69 Å². The van der Waals surface area contributed by atoms with E-state index >= 15 is 0 Å². The Balaban J connectivity index is 1.99. The number of carbonyl (C=O) groups excluding carboxylic acids is 1. The van der Waals surface area contributed by atoms with E-state index in [2.05, 4.69) is 16.7 Å². The van der Waals surface area contributed by atoms with Gasteiger partial charge in [-0.15, -0.1) is 11.3 Å². The lowest BCUT2D eigenvalue weighted by atomic mass is 10.2. The summed E-state index contributed by atoms with van der Waals surface area (Å²) in [7, 11) is 0. The molecular weight excluding hydrogens is 288 g/mol. The third-order valence-electron chi connectivity index (χ3n) is 3.40. The summed E-state index contributed by atoms with van der Waals surface area (Å²) < 4.78 is 0. The maximum atomic E-state index is 12.5. The van der Waals surface area contributed by atoms with Gasteiger partial charge in [0, 0.05) is 44.7 Å². The van der Waals surface area contributed by atoms with Crippen LogP contribution in [0.4, 0.5) is 0 Å². The quantitative estimate of drug-likeness (QED) is 0.782. The lowest BCUT2D eigenvalue weighted by molar-refractivity contribution is 0.0619. The number of rotatable bonds is 4. The molecule has 0 atom stereocenters. The largest absolute Gasteiger partial charge is 0.395 e. The van der Waals surface area contributed by atoms with Crippen molar-refractivity contribution in [3.8, 4) is 11.8 Å². The number of amides is 1. The topological polar surface area (TPSA) is 64.0 Å². The highest BCUT2D eigenvalue weighted by Gasteiger charge is 2.24. The molecule has 0 unspecified atom stereocenters. The fourth-order valence-electron chi connectivity index (χ4n) is 2.25. The average Bonchev–Trinajstić information content (AvgIpc) is 2.96. The normalized spacial score (nSPS) is 15.6. The summed E-state index contributed by atoms with van der Waals surface area (Å²) in [4.78, 5) is 17.2. The SMILES string of the molecule is O=C(c1sccc1C#CCCO)N1CCN(CCO)CC1. The Bertz CT molecular complexity index is 525. The number of hydrogen-bond acceptors (Lipinski definition) is 5. The Kier molecular flexibility index (Phi) is 6.21. The lowest BCUT2D eigenvalue weighted by Crippen LogP contribution is -2.49. The van der Waals surface area contributed by atoms with Crippen molar-refractivity contribution < 1.29 is 15.0 Å². The van der Waals surface area contributed by atoms with Crippen LogP contribution in [0, 0.1) is 11.8 Å². The Hall–Kier alpha value is -1.39. The van der Waals surface area contributed by atoms with Crippen LogP contribution in [0.5, 0.6) is 0 Å². The van der Waals surface area contributed by atoms with E-state index in [-0.39, 0.29) is 19.1 Å². The molecule has 1 amide bonds. The minimum absolute atomic E-state index is 0.0296. The standard InChI is InChI=1S/C15H20N2O3S/c18-10-2-1-3-13-4-12-21-14(13)15(20)17-7-5-16(6-8-17)9-11-19/h4,12,18-19H,2,5-11H2. The molecule has 0 aliphatic carbocycles. The maximum absolute atomic E-state index is 12.5. The number of aliphatic hydroxyl groups is 2. The van der Waals surface area contributed by atoms with Gasteiger partial charge in [-0.1, -0.05) is 11.8 Å². The van der Waals surface area contributed by atoms with E-state index in [4.69, 9.17) is 10.2 Å². The van der Waals surface area contributed by atoms with Gasteiger partial charge in [0.25, 0.3) is 5.91 Å². The first-order chi connectivity index (χ1) is 10.3. The second-order valence-electron chi connectivity index (χ2n) is 4.80. The van der Waals surface area contributed by atoms with E-state index in [1.807, 2.05) is 16.3 Å². The van der Waals surface area contributed by atoms with Crippen LogP contribution in [-0.2, 0) is 0 Å². The molecule has 2 N–H and O–H groups in total. The van der Waals surface area contributed by atoms with E-state index in [1.165, 1.54) is 11.3 Å². The number of piperazine rings is 1. The molecule has 1 aromatic rings. The van der Waals surface area contributed by atoms with Crippen LogP contribution in [-0.4, -0.2) is 71.9 Å². The summed E-state index contributed by atoms with van der Waals surface area (Å²) in [5, 5.41) is 19.6. The van der Waals surface area contributed by atoms with Crippen LogP contribution in [0.15, 0.2) is 11.4 Å². The first-order valence-electron chi connectivity index (χ1n) is 7.06. The molecule has 0 bridgehead atoms. The molecule has 0 saturated carbocycles. The predicted octanol–water partition coefficient (Wildman–Crippen LogP) is 0.232. The van der Waals surface area contributed by atoms with E-state index in [1.54, 1.807) is 0 Å². The van der Waals surface area contributed by atoms with Gasteiger partial charge in [0.05, 0.1) is 13.2 Å². The zero-order valence-corrected chi connectivity index (χ0v) is 12.7. The second kappa shape index (κ2) is 8.15. The van der Waals surface area contributed by atoms with Gasteiger partial charge >= 0.3 is 0 Å². The molecule has 0 aromatic carbocycles. The van der Waals surface area contributed by atoms with Gasteiger partial charge in [-0.2, -0.15) is 0 Å². The monoisotopic (exact) mass is 308 g/mol. The molecule has 2 heterocycles. The number of aliphatic hydroxyl groups excluding tert-OH is 2. The fraction of sp³-hybridized carbons (Fsp3) is 0.533. The molecule has 21 heavy (non-hydrogen) atoms. The van der Waals surface area contributed by atoms with Crippen molar-refractivity contribution >= 4 is 17.2 Å². The number of hydrogen-bond donors (Lipinski definition) is 2. The van der Waals surface area contributed by atoms with Crippen molar-refractivity contribution in [3.63, 3.8) is 0 Å². The van der Waals surface area contributed by atoms with Crippen molar-refractivity contribution in [3.05, 3.63) is 21.9 Å². The molecule has 114 valence electrons. The van der Waals surface area contributed by atoms with Gasteiger partial charge in [0.1, 0.15) is 4.88 Å².